The minimum Gasteiger partial charge on any atom is -0.236 e. The van der Waals surface area contributed by atoms with Crippen molar-refractivity contribution in [3.05, 3.63) is 24.2 Å². The molecule has 2 heterocycles. The summed E-state index contributed by atoms with van der Waals surface area (Å²) in [6.07, 6.45) is 3.04. The van der Waals surface area contributed by atoms with Gasteiger partial charge in [-0.05, 0) is 17.1 Å². The maximum atomic E-state index is 4.68. The topological polar surface area (TPSA) is 16.8 Å². The van der Waals surface area contributed by atoms with E-state index in [1.54, 1.807) is 10.4 Å². The van der Waals surface area contributed by atoms with Crippen LogP contribution in [-0.2, 0) is 13.5 Å². The van der Waals surface area contributed by atoms with Crippen LogP contribution in [0.2, 0.25) is 31.9 Å². The highest BCUT2D eigenvalue weighted by molar-refractivity contribution is 7.14. The van der Waals surface area contributed by atoms with Crippen LogP contribution in [-0.4, -0.2) is 21.1 Å². The van der Waals surface area contributed by atoms with E-state index in [1.165, 1.54) is 22.3 Å². The molecule has 20 heavy (non-hydrogen) atoms. The molecule has 0 N–H and O–H groups in total. The van der Waals surface area contributed by atoms with E-state index in [1.807, 2.05) is 6.33 Å². The summed E-state index contributed by atoms with van der Waals surface area (Å²) in [7, 11) is -0.371. The van der Waals surface area contributed by atoms with Crippen molar-refractivity contribution in [1.82, 2.24) is 4.98 Å². The third-order valence-electron chi connectivity index (χ3n) is 4.92. The first-order chi connectivity index (χ1) is 9.26. The Morgan fingerprint density at radius 3 is 2.30 bits per heavy atom. The van der Waals surface area contributed by atoms with E-state index in [2.05, 4.69) is 61.8 Å². The van der Waals surface area contributed by atoms with Gasteiger partial charge in [0, 0.05) is 6.42 Å². The van der Waals surface area contributed by atoms with Gasteiger partial charge in [-0.15, -0.1) is 0 Å². The minimum atomic E-state index is -1.24. The fourth-order valence-electron chi connectivity index (χ4n) is 4.19. The van der Waals surface area contributed by atoms with Gasteiger partial charge in [-0.2, -0.15) is 0 Å². The van der Waals surface area contributed by atoms with Gasteiger partial charge in [0.15, 0.2) is 5.52 Å². The number of fused-ring (bicyclic) bond motifs is 2. The zero-order valence-electron chi connectivity index (χ0n) is 13.5. The highest BCUT2D eigenvalue weighted by Crippen LogP contribution is 2.28. The standard InChI is InChI=1S/C16H25N2Si2/c1-7-14-12-8-15-16(9-13(12)17-10-18(14)2)20(5,6)11-19(15,3)4/h8-10H,7,11H2,1-6H3/q+1. The van der Waals surface area contributed by atoms with Crippen molar-refractivity contribution in [3.63, 3.8) is 0 Å². The number of nitrogens with zero attached hydrogens (tertiary/aromatic N) is 2. The maximum Gasteiger partial charge on any atom is 0.286 e. The van der Waals surface area contributed by atoms with E-state index in [0.717, 1.165) is 6.42 Å². The van der Waals surface area contributed by atoms with Crippen LogP contribution in [0, 0.1) is 0 Å². The quantitative estimate of drug-likeness (QED) is 0.581. The SMILES string of the molecule is CCc1c2cc3c(cc2nc[n+]1C)[Si](C)(C)C[Si]3(C)C. The maximum absolute atomic E-state index is 4.68. The Kier molecular flexibility index (Phi) is 2.96. The molecule has 0 spiro atoms. The zero-order valence-corrected chi connectivity index (χ0v) is 15.5. The first kappa shape index (κ1) is 14.0. The van der Waals surface area contributed by atoms with E-state index in [-0.39, 0.29) is 0 Å². The van der Waals surface area contributed by atoms with Crippen LogP contribution in [0.5, 0.6) is 0 Å². The summed E-state index contributed by atoms with van der Waals surface area (Å²) in [4.78, 5) is 4.68. The van der Waals surface area contributed by atoms with Crippen LogP contribution in [0.25, 0.3) is 10.9 Å². The van der Waals surface area contributed by atoms with Gasteiger partial charge in [0.25, 0.3) is 6.33 Å². The average molecular weight is 302 g/mol. The van der Waals surface area contributed by atoms with Gasteiger partial charge in [0.1, 0.15) is 5.69 Å². The number of aromatic nitrogens is 2. The van der Waals surface area contributed by atoms with Crippen LogP contribution in [0.15, 0.2) is 18.5 Å². The molecule has 0 radical (unpaired) electrons. The molecule has 0 atom stereocenters. The van der Waals surface area contributed by atoms with E-state index in [9.17, 15) is 0 Å². The molecular weight excluding hydrogens is 276 g/mol. The molecule has 2 aromatic rings. The molecule has 0 saturated heterocycles. The fraction of sp³-hybridized carbons (Fsp3) is 0.500. The Balaban J connectivity index is 2.39. The van der Waals surface area contributed by atoms with Crippen LogP contribution in [0.3, 0.4) is 0 Å². The van der Waals surface area contributed by atoms with E-state index in [4.69, 9.17) is 0 Å². The van der Waals surface area contributed by atoms with Gasteiger partial charge in [-0.3, -0.25) is 0 Å². The lowest BCUT2D eigenvalue weighted by Crippen LogP contribution is -2.44. The van der Waals surface area contributed by atoms with E-state index >= 15 is 0 Å². The smallest absolute Gasteiger partial charge is 0.236 e. The van der Waals surface area contributed by atoms with Crippen molar-refractivity contribution in [3.8, 4) is 0 Å². The van der Waals surface area contributed by atoms with Gasteiger partial charge in [0.2, 0.25) is 0 Å². The van der Waals surface area contributed by atoms with E-state index < -0.39 is 16.1 Å². The lowest BCUT2D eigenvalue weighted by atomic mass is 10.1. The molecule has 0 aliphatic carbocycles. The van der Waals surface area contributed by atoms with Crippen LogP contribution < -0.4 is 14.9 Å². The predicted octanol–water partition coefficient (Wildman–Crippen LogP) is 2.01. The number of hydrogen-bond acceptors (Lipinski definition) is 1. The molecule has 1 aromatic carbocycles. The summed E-state index contributed by atoms with van der Waals surface area (Å²) in [6.45, 7) is 12.4. The summed E-state index contributed by atoms with van der Waals surface area (Å²) in [6, 6.07) is 4.93. The average Bonchev–Trinajstić information content (AvgIpc) is 2.53. The Morgan fingerprint density at radius 2 is 1.70 bits per heavy atom. The second kappa shape index (κ2) is 4.24. The number of rotatable bonds is 1. The fourth-order valence-corrected chi connectivity index (χ4v) is 19.2. The highest BCUT2D eigenvalue weighted by atomic mass is 28.4. The minimum absolute atomic E-state index is 1.07. The molecule has 1 aliphatic heterocycles. The lowest BCUT2D eigenvalue weighted by molar-refractivity contribution is -0.680. The molecule has 0 saturated carbocycles. The lowest BCUT2D eigenvalue weighted by Gasteiger charge is -2.19. The third-order valence-corrected chi connectivity index (χ3v) is 16.0. The number of hydrogen-bond donors (Lipinski definition) is 0. The molecular formula is C16H25N2Si2+. The van der Waals surface area contributed by atoms with Crippen LogP contribution in [0.1, 0.15) is 12.6 Å². The summed E-state index contributed by atoms with van der Waals surface area (Å²) >= 11 is 0. The van der Waals surface area contributed by atoms with Crippen molar-refractivity contribution in [2.75, 3.05) is 0 Å². The van der Waals surface area contributed by atoms with Crippen LogP contribution in [0.4, 0.5) is 0 Å². The second-order valence-corrected chi connectivity index (χ2v) is 17.5. The summed E-state index contributed by atoms with van der Waals surface area (Å²) < 4.78 is 2.18. The van der Waals surface area contributed by atoms with Crippen molar-refractivity contribution in [1.29, 1.82) is 0 Å². The molecule has 1 aliphatic rings. The molecule has 4 heteroatoms. The van der Waals surface area contributed by atoms with Gasteiger partial charge in [-0.25, -0.2) is 4.57 Å². The third kappa shape index (κ3) is 1.89. The van der Waals surface area contributed by atoms with Gasteiger partial charge >= 0.3 is 0 Å². The molecule has 2 nitrogen and oxygen atoms in total. The molecule has 106 valence electrons. The Hall–Kier alpha value is -1.01. The number of aryl methyl sites for hydroxylation is 2. The highest BCUT2D eigenvalue weighted by Gasteiger charge is 2.45. The Morgan fingerprint density at radius 1 is 1.10 bits per heavy atom. The largest absolute Gasteiger partial charge is 0.286 e. The van der Waals surface area contributed by atoms with Crippen molar-refractivity contribution < 1.29 is 4.57 Å². The summed E-state index contributed by atoms with van der Waals surface area (Å²) in [5.74, 6) is 0. The first-order valence-electron chi connectivity index (χ1n) is 7.58. The molecule has 0 bridgehead atoms. The van der Waals surface area contributed by atoms with Crippen molar-refractivity contribution in [2.45, 2.75) is 45.2 Å². The first-order valence-corrected chi connectivity index (χ1v) is 14.0. The van der Waals surface area contributed by atoms with Gasteiger partial charge in [0.05, 0.1) is 28.6 Å². The van der Waals surface area contributed by atoms with Crippen molar-refractivity contribution in [2.24, 2.45) is 7.05 Å². The van der Waals surface area contributed by atoms with Gasteiger partial charge in [-0.1, -0.05) is 49.2 Å². The molecule has 0 fully saturated rings. The Bertz CT molecular complexity index is 705. The molecule has 0 unspecified atom stereocenters. The normalized spacial score (nSPS) is 19.3. The summed E-state index contributed by atoms with van der Waals surface area (Å²) in [5, 5.41) is 4.78. The Labute approximate surface area is 123 Å². The predicted molar refractivity (Wildman–Crippen MR) is 91.3 cm³/mol. The molecule has 3 rings (SSSR count). The molecule has 0 amide bonds. The van der Waals surface area contributed by atoms with E-state index in [0.29, 0.717) is 0 Å². The number of benzene rings is 1. The zero-order chi connectivity index (χ0) is 14.7. The van der Waals surface area contributed by atoms with Crippen molar-refractivity contribution >= 4 is 37.4 Å². The van der Waals surface area contributed by atoms with Crippen LogP contribution >= 0.6 is 0 Å². The van der Waals surface area contributed by atoms with Gasteiger partial charge < -0.3 is 0 Å². The second-order valence-electron chi connectivity index (χ2n) is 7.52. The summed E-state index contributed by atoms with van der Waals surface area (Å²) in [5.41, 5.74) is 4.10. The monoisotopic (exact) mass is 301 g/mol. The molecule has 1 aromatic heterocycles.